The molecule has 0 saturated heterocycles. The first-order chi connectivity index (χ1) is 9.15. The van der Waals surface area contributed by atoms with E-state index in [1.54, 1.807) is 12.1 Å². The number of benzene rings is 1. The summed E-state index contributed by atoms with van der Waals surface area (Å²) in [7, 11) is 0. The second kappa shape index (κ2) is 6.36. The molecule has 1 aromatic carbocycles. The summed E-state index contributed by atoms with van der Waals surface area (Å²) in [6.07, 6.45) is 5.15. The average molecular weight is 261 g/mol. The van der Waals surface area contributed by atoms with Gasteiger partial charge in [-0.2, -0.15) is 0 Å². The molecule has 4 nitrogen and oxygen atoms in total. The first-order valence-corrected chi connectivity index (χ1v) is 6.77. The molecule has 1 aromatic rings. The van der Waals surface area contributed by atoms with Crippen molar-refractivity contribution >= 4 is 11.9 Å². The number of hydrogen-bond acceptors (Lipinski definition) is 2. The third-order valence-corrected chi connectivity index (χ3v) is 3.53. The average Bonchev–Trinajstić information content (AvgIpc) is 2.89. The van der Waals surface area contributed by atoms with Gasteiger partial charge in [-0.15, -0.1) is 0 Å². The van der Waals surface area contributed by atoms with Crippen LogP contribution in [0.2, 0.25) is 0 Å². The second-order valence-corrected chi connectivity index (χ2v) is 5.05. The molecule has 2 rings (SSSR count). The smallest absolute Gasteiger partial charge is 0.303 e. The SMILES string of the molecule is O=C(O)CCc1ccc(C(=O)NC2CCCC2)cc1. The summed E-state index contributed by atoms with van der Waals surface area (Å²) in [4.78, 5) is 22.4. The maximum atomic E-state index is 12.0. The highest BCUT2D eigenvalue weighted by Crippen LogP contribution is 2.18. The Morgan fingerprint density at radius 1 is 1.16 bits per heavy atom. The number of amides is 1. The van der Waals surface area contributed by atoms with Crippen LogP contribution in [0.15, 0.2) is 24.3 Å². The number of rotatable bonds is 5. The second-order valence-electron chi connectivity index (χ2n) is 5.05. The fraction of sp³-hybridized carbons (Fsp3) is 0.467. The normalized spacial score (nSPS) is 15.4. The van der Waals surface area contributed by atoms with Crippen LogP contribution in [0.5, 0.6) is 0 Å². The summed E-state index contributed by atoms with van der Waals surface area (Å²) in [6.45, 7) is 0. The van der Waals surface area contributed by atoms with E-state index in [1.165, 1.54) is 12.8 Å². The molecule has 19 heavy (non-hydrogen) atoms. The Labute approximate surface area is 112 Å². The van der Waals surface area contributed by atoms with Crippen molar-refractivity contribution in [1.29, 1.82) is 0 Å². The molecular weight excluding hydrogens is 242 g/mol. The van der Waals surface area contributed by atoms with Crippen LogP contribution >= 0.6 is 0 Å². The van der Waals surface area contributed by atoms with Crippen LogP contribution < -0.4 is 5.32 Å². The van der Waals surface area contributed by atoms with Gasteiger partial charge in [0.25, 0.3) is 5.91 Å². The molecule has 102 valence electrons. The molecule has 0 aliphatic heterocycles. The Kier molecular flexibility index (Phi) is 4.55. The zero-order valence-electron chi connectivity index (χ0n) is 10.9. The Bertz CT molecular complexity index is 447. The first kappa shape index (κ1) is 13.6. The van der Waals surface area contributed by atoms with Gasteiger partial charge < -0.3 is 10.4 Å². The van der Waals surface area contributed by atoms with Crippen molar-refractivity contribution in [3.05, 3.63) is 35.4 Å². The van der Waals surface area contributed by atoms with Gasteiger partial charge in [0.15, 0.2) is 0 Å². The maximum Gasteiger partial charge on any atom is 0.303 e. The van der Waals surface area contributed by atoms with Gasteiger partial charge >= 0.3 is 5.97 Å². The van der Waals surface area contributed by atoms with E-state index in [9.17, 15) is 9.59 Å². The van der Waals surface area contributed by atoms with E-state index in [2.05, 4.69) is 5.32 Å². The van der Waals surface area contributed by atoms with Crippen molar-refractivity contribution in [2.75, 3.05) is 0 Å². The molecule has 1 amide bonds. The Balaban J connectivity index is 1.89. The van der Waals surface area contributed by atoms with Crippen molar-refractivity contribution < 1.29 is 14.7 Å². The van der Waals surface area contributed by atoms with Crippen LogP contribution in [0.3, 0.4) is 0 Å². The van der Waals surface area contributed by atoms with Gasteiger partial charge in [0.2, 0.25) is 0 Å². The third-order valence-electron chi connectivity index (χ3n) is 3.53. The van der Waals surface area contributed by atoms with Gasteiger partial charge in [-0.05, 0) is 37.0 Å². The minimum atomic E-state index is -0.803. The van der Waals surface area contributed by atoms with Gasteiger partial charge in [-0.25, -0.2) is 0 Å². The van der Waals surface area contributed by atoms with Gasteiger partial charge in [0.05, 0.1) is 0 Å². The Hall–Kier alpha value is -1.84. The zero-order chi connectivity index (χ0) is 13.7. The predicted octanol–water partition coefficient (Wildman–Crippen LogP) is 2.38. The summed E-state index contributed by atoms with van der Waals surface area (Å²) in [6, 6.07) is 7.50. The largest absolute Gasteiger partial charge is 0.481 e. The van der Waals surface area contributed by atoms with Crippen LogP contribution in [0.25, 0.3) is 0 Å². The highest BCUT2D eigenvalue weighted by atomic mass is 16.4. The summed E-state index contributed by atoms with van der Waals surface area (Å²) in [5.41, 5.74) is 1.59. The standard InChI is InChI=1S/C15H19NO3/c17-14(18)10-7-11-5-8-12(9-6-11)15(19)16-13-3-1-2-4-13/h5-6,8-9,13H,1-4,7,10H2,(H,16,19)(H,17,18). The lowest BCUT2D eigenvalue weighted by atomic mass is 10.1. The summed E-state index contributed by atoms with van der Waals surface area (Å²) in [5.74, 6) is -0.834. The van der Waals surface area contributed by atoms with Crippen LogP contribution in [-0.2, 0) is 11.2 Å². The fourth-order valence-corrected chi connectivity index (χ4v) is 2.41. The van der Waals surface area contributed by atoms with Gasteiger partial charge in [-0.3, -0.25) is 9.59 Å². The molecule has 0 spiro atoms. The topological polar surface area (TPSA) is 66.4 Å². The van der Waals surface area contributed by atoms with E-state index in [1.807, 2.05) is 12.1 Å². The molecular formula is C15H19NO3. The van der Waals surface area contributed by atoms with E-state index >= 15 is 0 Å². The van der Waals surface area contributed by atoms with Gasteiger partial charge in [-0.1, -0.05) is 25.0 Å². The zero-order valence-corrected chi connectivity index (χ0v) is 10.9. The molecule has 0 unspecified atom stereocenters. The van der Waals surface area contributed by atoms with E-state index < -0.39 is 5.97 Å². The highest BCUT2D eigenvalue weighted by Gasteiger charge is 2.17. The van der Waals surface area contributed by atoms with E-state index in [-0.39, 0.29) is 12.3 Å². The van der Waals surface area contributed by atoms with Crippen molar-refractivity contribution in [3.63, 3.8) is 0 Å². The summed E-state index contributed by atoms with van der Waals surface area (Å²) >= 11 is 0. The molecule has 1 aliphatic rings. The van der Waals surface area contributed by atoms with Crippen LogP contribution in [0, 0.1) is 0 Å². The molecule has 0 heterocycles. The van der Waals surface area contributed by atoms with Crippen LogP contribution in [0.4, 0.5) is 0 Å². The number of carboxylic acid groups (broad SMARTS) is 1. The lowest BCUT2D eigenvalue weighted by Gasteiger charge is -2.12. The molecule has 0 bridgehead atoms. The first-order valence-electron chi connectivity index (χ1n) is 6.77. The number of carboxylic acids is 1. The Morgan fingerprint density at radius 3 is 2.37 bits per heavy atom. The Morgan fingerprint density at radius 2 is 1.79 bits per heavy atom. The molecule has 4 heteroatoms. The number of nitrogens with one attached hydrogen (secondary N) is 1. The lowest BCUT2D eigenvalue weighted by Crippen LogP contribution is -2.32. The predicted molar refractivity (Wildman–Crippen MR) is 72.1 cm³/mol. The van der Waals surface area contributed by atoms with Crippen LogP contribution in [0.1, 0.15) is 48.0 Å². The molecule has 0 atom stereocenters. The van der Waals surface area contributed by atoms with Crippen LogP contribution in [-0.4, -0.2) is 23.0 Å². The van der Waals surface area contributed by atoms with E-state index in [0.717, 1.165) is 18.4 Å². The quantitative estimate of drug-likeness (QED) is 0.855. The monoisotopic (exact) mass is 261 g/mol. The summed E-state index contributed by atoms with van der Waals surface area (Å²) in [5, 5.41) is 11.6. The third kappa shape index (κ3) is 4.09. The molecule has 1 fully saturated rings. The van der Waals surface area contributed by atoms with Crippen molar-refractivity contribution in [3.8, 4) is 0 Å². The molecule has 1 saturated carbocycles. The van der Waals surface area contributed by atoms with Gasteiger partial charge in [0.1, 0.15) is 0 Å². The van der Waals surface area contributed by atoms with E-state index in [4.69, 9.17) is 5.11 Å². The van der Waals surface area contributed by atoms with Gasteiger partial charge in [0, 0.05) is 18.0 Å². The molecule has 2 N–H and O–H groups in total. The number of aliphatic carboxylic acids is 1. The van der Waals surface area contributed by atoms with E-state index in [0.29, 0.717) is 18.0 Å². The minimum Gasteiger partial charge on any atom is -0.481 e. The van der Waals surface area contributed by atoms with Crippen molar-refractivity contribution in [1.82, 2.24) is 5.32 Å². The molecule has 0 radical (unpaired) electrons. The number of hydrogen-bond donors (Lipinski definition) is 2. The fourth-order valence-electron chi connectivity index (χ4n) is 2.41. The number of carbonyl (C=O) groups is 2. The number of carbonyl (C=O) groups excluding carboxylic acids is 1. The summed E-state index contributed by atoms with van der Waals surface area (Å²) < 4.78 is 0. The number of aryl methyl sites for hydroxylation is 1. The molecule has 0 aromatic heterocycles. The van der Waals surface area contributed by atoms with Crippen molar-refractivity contribution in [2.24, 2.45) is 0 Å². The van der Waals surface area contributed by atoms with Crippen molar-refractivity contribution in [2.45, 2.75) is 44.6 Å². The highest BCUT2D eigenvalue weighted by molar-refractivity contribution is 5.94. The minimum absolute atomic E-state index is 0.0308. The molecule has 1 aliphatic carbocycles. The lowest BCUT2D eigenvalue weighted by molar-refractivity contribution is -0.136. The maximum absolute atomic E-state index is 12.0.